The summed E-state index contributed by atoms with van der Waals surface area (Å²) in [6.45, 7) is -0.212. The first-order valence-electron chi connectivity index (χ1n) is 5.81. The van der Waals surface area contributed by atoms with E-state index in [1.54, 1.807) is 12.1 Å². The maximum atomic E-state index is 11.0. The van der Waals surface area contributed by atoms with Gasteiger partial charge in [-0.3, -0.25) is 10.1 Å². The largest absolute Gasteiger partial charge is 0.450 e. The van der Waals surface area contributed by atoms with Gasteiger partial charge in [0.25, 0.3) is 0 Å². The Morgan fingerprint density at radius 2 is 2.10 bits per heavy atom. The monoisotopic (exact) mass is 304 g/mol. The van der Waals surface area contributed by atoms with Gasteiger partial charge in [-0.1, -0.05) is 17.7 Å². The Balaban J connectivity index is 2.37. The molecule has 1 N–H and O–H groups in total. The molecule has 0 fully saturated rings. The second kappa shape index (κ2) is 6.22. The van der Waals surface area contributed by atoms with E-state index >= 15 is 0 Å². The molecule has 7 heteroatoms. The zero-order chi connectivity index (χ0) is 15.4. The molecule has 0 bridgehead atoms. The number of aliphatic hydroxyl groups is 1. The van der Waals surface area contributed by atoms with Gasteiger partial charge in [-0.2, -0.15) is 5.26 Å². The molecule has 0 radical (unpaired) electrons. The van der Waals surface area contributed by atoms with Crippen molar-refractivity contribution in [2.24, 2.45) is 0 Å². The number of nitrogens with zero attached hydrogens (tertiary/aromatic N) is 2. The van der Waals surface area contributed by atoms with Crippen LogP contribution in [0.3, 0.4) is 0 Å². The number of nitro benzene ring substituents is 1. The molecule has 0 aliphatic rings. The normalized spacial score (nSPS) is 9.95. The van der Waals surface area contributed by atoms with Gasteiger partial charge in [-0.25, -0.2) is 0 Å². The van der Waals surface area contributed by atoms with Crippen LogP contribution in [-0.2, 0) is 6.61 Å². The molecule has 2 aromatic carbocycles. The Hall–Kier alpha value is -2.62. The van der Waals surface area contributed by atoms with E-state index in [0.717, 1.165) is 6.07 Å². The SMILES string of the molecule is N#Cc1ccc(Oc2ccc(CO)c(Cl)c2)c([N+](=O)[O-])c1. The molecule has 0 saturated carbocycles. The number of aliphatic hydroxyl groups excluding tert-OH is 1. The molecule has 0 heterocycles. The summed E-state index contributed by atoms with van der Waals surface area (Å²) in [7, 11) is 0. The lowest BCUT2D eigenvalue weighted by Crippen LogP contribution is -1.95. The molecule has 2 aromatic rings. The fourth-order valence-corrected chi connectivity index (χ4v) is 1.89. The lowest BCUT2D eigenvalue weighted by molar-refractivity contribution is -0.385. The molecular formula is C14H9ClN2O4. The molecule has 0 amide bonds. The van der Waals surface area contributed by atoms with Gasteiger partial charge in [0, 0.05) is 11.1 Å². The van der Waals surface area contributed by atoms with Crippen molar-refractivity contribution >= 4 is 17.3 Å². The summed E-state index contributed by atoms with van der Waals surface area (Å²) in [5.41, 5.74) is 0.387. The van der Waals surface area contributed by atoms with Gasteiger partial charge in [0.15, 0.2) is 0 Å². The summed E-state index contributed by atoms with van der Waals surface area (Å²) >= 11 is 5.93. The van der Waals surface area contributed by atoms with Crippen LogP contribution in [0, 0.1) is 21.4 Å². The topological polar surface area (TPSA) is 96.4 Å². The summed E-state index contributed by atoms with van der Waals surface area (Å²) in [5.74, 6) is 0.303. The molecule has 2 rings (SSSR count). The van der Waals surface area contributed by atoms with Crippen LogP contribution in [0.15, 0.2) is 36.4 Å². The highest BCUT2D eigenvalue weighted by atomic mass is 35.5. The van der Waals surface area contributed by atoms with E-state index in [1.165, 1.54) is 18.2 Å². The van der Waals surface area contributed by atoms with Crippen LogP contribution in [0.2, 0.25) is 5.02 Å². The van der Waals surface area contributed by atoms with Crippen LogP contribution in [0.4, 0.5) is 5.69 Å². The van der Waals surface area contributed by atoms with E-state index in [0.29, 0.717) is 16.3 Å². The number of nitriles is 1. The van der Waals surface area contributed by atoms with Crippen molar-refractivity contribution in [3.63, 3.8) is 0 Å². The first-order valence-corrected chi connectivity index (χ1v) is 6.18. The third-order valence-corrected chi connectivity index (χ3v) is 3.06. The predicted octanol–water partition coefficient (Wildman–Crippen LogP) is 3.40. The minimum Gasteiger partial charge on any atom is -0.450 e. The number of nitro groups is 1. The molecule has 106 valence electrons. The zero-order valence-electron chi connectivity index (χ0n) is 10.6. The van der Waals surface area contributed by atoms with E-state index in [9.17, 15) is 10.1 Å². The van der Waals surface area contributed by atoms with Crippen LogP contribution in [-0.4, -0.2) is 10.0 Å². The van der Waals surface area contributed by atoms with Crippen LogP contribution in [0.1, 0.15) is 11.1 Å². The third kappa shape index (κ3) is 3.28. The molecule has 21 heavy (non-hydrogen) atoms. The zero-order valence-corrected chi connectivity index (χ0v) is 11.4. The van der Waals surface area contributed by atoms with E-state index in [4.69, 9.17) is 26.7 Å². The predicted molar refractivity (Wildman–Crippen MR) is 75.3 cm³/mol. The summed E-state index contributed by atoms with van der Waals surface area (Å²) in [4.78, 5) is 10.4. The second-order valence-electron chi connectivity index (χ2n) is 4.06. The summed E-state index contributed by atoms with van der Waals surface area (Å²) in [5, 5.41) is 29.1. The molecule has 0 spiro atoms. The Morgan fingerprint density at radius 1 is 1.33 bits per heavy atom. The van der Waals surface area contributed by atoms with Gasteiger partial charge < -0.3 is 9.84 Å². The number of rotatable bonds is 4. The number of hydrogen-bond donors (Lipinski definition) is 1. The summed E-state index contributed by atoms with van der Waals surface area (Å²) < 4.78 is 5.43. The van der Waals surface area contributed by atoms with E-state index in [-0.39, 0.29) is 23.6 Å². The fraction of sp³-hybridized carbons (Fsp3) is 0.0714. The maximum absolute atomic E-state index is 11.0. The van der Waals surface area contributed by atoms with Crippen LogP contribution in [0.5, 0.6) is 11.5 Å². The van der Waals surface area contributed by atoms with Crippen molar-refractivity contribution in [3.8, 4) is 17.6 Å². The van der Waals surface area contributed by atoms with Crippen LogP contribution in [0.25, 0.3) is 0 Å². The number of benzene rings is 2. The lowest BCUT2D eigenvalue weighted by Gasteiger charge is -2.08. The van der Waals surface area contributed by atoms with Crippen molar-refractivity contribution in [3.05, 3.63) is 62.7 Å². The first kappa shape index (κ1) is 14.8. The van der Waals surface area contributed by atoms with E-state index in [2.05, 4.69) is 0 Å². The quantitative estimate of drug-likeness (QED) is 0.689. The van der Waals surface area contributed by atoms with Gasteiger partial charge in [0.1, 0.15) is 5.75 Å². The highest BCUT2D eigenvalue weighted by Gasteiger charge is 2.17. The minimum absolute atomic E-state index is 0.00631. The van der Waals surface area contributed by atoms with E-state index in [1.807, 2.05) is 6.07 Å². The molecule has 0 aromatic heterocycles. The fourth-order valence-electron chi connectivity index (χ4n) is 1.66. The van der Waals surface area contributed by atoms with Crippen molar-refractivity contribution in [1.29, 1.82) is 5.26 Å². The Morgan fingerprint density at radius 3 is 2.67 bits per heavy atom. The van der Waals surface area contributed by atoms with E-state index < -0.39 is 4.92 Å². The van der Waals surface area contributed by atoms with Gasteiger partial charge in [0.05, 0.1) is 23.2 Å². The van der Waals surface area contributed by atoms with Crippen molar-refractivity contribution in [2.45, 2.75) is 6.61 Å². The molecule has 0 unspecified atom stereocenters. The number of ether oxygens (including phenoxy) is 1. The highest BCUT2D eigenvalue weighted by Crippen LogP contribution is 2.33. The second-order valence-corrected chi connectivity index (χ2v) is 4.47. The maximum Gasteiger partial charge on any atom is 0.312 e. The smallest absolute Gasteiger partial charge is 0.312 e. The molecule has 0 atom stereocenters. The molecule has 0 aliphatic heterocycles. The average Bonchev–Trinajstić information content (AvgIpc) is 2.47. The Labute approximate surface area is 124 Å². The summed E-state index contributed by atoms with van der Waals surface area (Å²) in [6, 6.07) is 10.3. The van der Waals surface area contributed by atoms with Crippen molar-refractivity contribution < 1.29 is 14.8 Å². The standard InChI is InChI=1S/C14H9ClN2O4/c15-12-6-11(3-2-10(12)8-18)21-14-4-1-9(7-16)5-13(14)17(19)20/h1-6,18H,8H2. The lowest BCUT2D eigenvalue weighted by atomic mass is 10.2. The first-order chi connectivity index (χ1) is 10.0. The molecule has 0 aliphatic carbocycles. The Kier molecular flexibility index (Phi) is 4.38. The molecular weight excluding hydrogens is 296 g/mol. The Bertz CT molecular complexity index is 740. The van der Waals surface area contributed by atoms with Crippen molar-refractivity contribution in [2.75, 3.05) is 0 Å². The molecule has 6 nitrogen and oxygen atoms in total. The van der Waals surface area contributed by atoms with Gasteiger partial charge in [-0.05, 0) is 29.8 Å². The third-order valence-electron chi connectivity index (χ3n) is 2.71. The van der Waals surface area contributed by atoms with Crippen LogP contribution >= 0.6 is 11.6 Å². The highest BCUT2D eigenvalue weighted by molar-refractivity contribution is 6.31. The summed E-state index contributed by atoms with van der Waals surface area (Å²) in [6.07, 6.45) is 0. The van der Waals surface area contributed by atoms with Gasteiger partial charge >= 0.3 is 5.69 Å². The van der Waals surface area contributed by atoms with Crippen molar-refractivity contribution in [1.82, 2.24) is 0 Å². The average molecular weight is 305 g/mol. The van der Waals surface area contributed by atoms with Crippen LogP contribution < -0.4 is 4.74 Å². The number of hydrogen-bond acceptors (Lipinski definition) is 5. The van der Waals surface area contributed by atoms with Gasteiger partial charge in [-0.15, -0.1) is 0 Å². The minimum atomic E-state index is -0.625. The van der Waals surface area contributed by atoms with Gasteiger partial charge in [0.2, 0.25) is 5.75 Å². The molecule has 0 saturated heterocycles. The number of halogens is 1.